The number of rotatable bonds is 4. The van der Waals surface area contributed by atoms with Gasteiger partial charge in [-0.05, 0) is 31.4 Å². The van der Waals surface area contributed by atoms with Gasteiger partial charge in [0.05, 0.1) is 6.04 Å². The molecule has 1 N–H and O–H groups in total. The molecule has 0 bridgehead atoms. The van der Waals surface area contributed by atoms with Crippen molar-refractivity contribution in [3.63, 3.8) is 0 Å². The molecule has 0 aromatic heterocycles. The van der Waals surface area contributed by atoms with Crippen LogP contribution in [0.2, 0.25) is 0 Å². The van der Waals surface area contributed by atoms with Gasteiger partial charge in [-0.25, -0.2) is 4.79 Å². The predicted octanol–water partition coefficient (Wildman–Crippen LogP) is 1.93. The number of nitrogens with zero attached hydrogens (tertiary/aromatic N) is 2. The Bertz CT molecular complexity index is 769. The van der Waals surface area contributed by atoms with Crippen molar-refractivity contribution in [1.29, 1.82) is 0 Å². The number of carbonyl (C=O) groups excluding carboxylic acids is 2. The highest BCUT2D eigenvalue weighted by Crippen LogP contribution is 2.29. The van der Waals surface area contributed by atoms with Gasteiger partial charge < -0.3 is 14.9 Å². The van der Waals surface area contributed by atoms with E-state index in [0.29, 0.717) is 25.0 Å². The van der Waals surface area contributed by atoms with Crippen molar-refractivity contribution in [3.05, 3.63) is 53.6 Å². The molecule has 2 aliphatic heterocycles. The Morgan fingerprint density at radius 1 is 1.19 bits per heavy atom. The van der Waals surface area contributed by atoms with Crippen LogP contribution < -0.4 is 0 Å². The maximum absolute atomic E-state index is 13.0. The van der Waals surface area contributed by atoms with E-state index < -0.39 is 12.0 Å². The molecule has 2 saturated heterocycles. The van der Waals surface area contributed by atoms with Crippen molar-refractivity contribution in [2.24, 2.45) is 0 Å². The molecular formula is C20H22N2O4. The second-order valence-corrected chi connectivity index (χ2v) is 6.58. The summed E-state index contributed by atoms with van der Waals surface area (Å²) in [6, 6.07) is 8.55. The van der Waals surface area contributed by atoms with Crippen LogP contribution in [0.4, 0.5) is 0 Å². The van der Waals surface area contributed by atoms with Crippen LogP contribution in [0.1, 0.15) is 25.3 Å². The summed E-state index contributed by atoms with van der Waals surface area (Å²) in [5.41, 5.74) is 1.42. The lowest BCUT2D eigenvalue weighted by Crippen LogP contribution is -2.58. The molecule has 0 aliphatic carbocycles. The first-order valence-corrected chi connectivity index (χ1v) is 8.74. The van der Waals surface area contributed by atoms with Crippen LogP contribution >= 0.6 is 0 Å². The maximum atomic E-state index is 13.0. The van der Waals surface area contributed by atoms with E-state index in [1.165, 1.54) is 9.80 Å². The first-order chi connectivity index (χ1) is 12.5. The smallest absolute Gasteiger partial charge is 0.326 e. The summed E-state index contributed by atoms with van der Waals surface area (Å²) >= 11 is 0. The van der Waals surface area contributed by atoms with Crippen molar-refractivity contribution in [2.45, 2.75) is 31.8 Å². The molecule has 0 saturated carbocycles. The maximum Gasteiger partial charge on any atom is 0.326 e. The minimum Gasteiger partial charge on any atom is -0.480 e. The third-order valence-electron chi connectivity index (χ3n) is 4.83. The van der Waals surface area contributed by atoms with Gasteiger partial charge in [0.15, 0.2) is 0 Å². The molecule has 6 nitrogen and oxygen atoms in total. The Balaban J connectivity index is 1.80. The summed E-state index contributed by atoms with van der Waals surface area (Å²) in [5, 5.41) is 9.27. The zero-order valence-electron chi connectivity index (χ0n) is 14.7. The van der Waals surface area contributed by atoms with Crippen LogP contribution in [0, 0.1) is 0 Å². The van der Waals surface area contributed by atoms with Crippen LogP contribution in [0.15, 0.2) is 48.1 Å². The summed E-state index contributed by atoms with van der Waals surface area (Å²) in [5.74, 6) is -1.48. The fraction of sp³-hybridized carbons (Fsp3) is 0.350. The molecule has 1 aromatic rings. The Labute approximate surface area is 152 Å². The van der Waals surface area contributed by atoms with E-state index in [4.69, 9.17) is 0 Å². The average Bonchev–Trinajstić information content (AvgIpc) is 3.06. The van der Waals surface area contributed by atoms with E-state index in [9.17, 15) is 19.5 Å². The number of hydrogen-bond acceptors (Lipinski definition) is 3. The number of benzene rings is 1. The van der Waals surface area contributed by atoms with E-state index in [1.54, 1.807) is 18.2 Å². The van der Waals surface area contributed by atoms with Crippen molar-refractivity contribution in [1.82, 2.24) is 9.80 Å². The topological polar surface area (TPSA) is 77.9 Å². The Morgan fingerprint density at radius 2 is 1.92 bits per heavy atom. The molecule has 2 atom stereocenters. The first-order valence-electron chi connectivity index (χ1n) is 8.74. The molecule has 6 heteroatoms. The molecule has 3 rings (SSSR count). The Hall–Kier alpha value is -2.89. The minimum atomic E-state index is -0.973. The second kappa shape index (κ2) is 7.56. The molecule has 2 fully saturated rings. The highest BCUT2D eigenvalue weighted by atomic mass is 16.4. The van der Waals surface area contributed by atoms with Gasteiger partial charge in [0.25, 0.3) is 5.91 Å². The van der Waals surface area contributed by atoms with E-state index >= 15 is 0 Å². The number of carboxylic acid groups (broad SMARTS) is 1. The number of fused-ring (bicyclic) bond motifs is 1. The van der Waals surface area contributed by atoms with Gasteiger partial charge in [-0.2, -0.15) is 0 Å². The fourth-order valence-corrected chi connectivity index (χ4v) is 3.67. The van der Waals surface area contributed by atoms with E-state index in [0.717, 1.165) is 5.56 Å². The molecule has 0 spiro atoms. The van der Waals surface area contributed by atoms with Crippen molar-refractivity contribution < 1.29 is 19.5 Å². The highest BCUT2D eigenvalue weighted by molar-refractivity contribution is 6.02. The largest absolute Gasteiger partial charge is 0.480 e. The summed E-state index contributed by atoms with van der Waals surface area (Å²) in [6.45, 7) is 2.13. The van der Waals surface area contributed by atoms with Gasteiger partial charge in [-0.15, -0.1) is 0 Å². The molecule has 0 radical (unpaired) electrons. The Kier molecular flexibility index (Phi) is 5.21. The standard InChI is InChI=1S/C20H22N2O4/c1-2-6-15(11-14-7-4-3-5-8-14)19(24)21-12-16-9-10-17(20(25)26)22(16)18(23)13-21/h2-8,11,16-17H,9-10,12-13H2,1H3,(H,25,26). The third-order valence-corrected chi connectivity index (χ3v) is 4.83. The van der Waals surface area contributed by atoms with Gasteiger partial charge >= 0.3 is 5.97 Å². The monoisotopic (exact) mass is 354 g/mol. The number of allylic oxidation sites excluding steroid dienone is 1. The molecule has 2 unspecified atom stereocenters. The lowest BCUT2D eigenvalue weighted by Gasteiger charge is -2.38. The quantitative estimate of drug-likeness (QED) is 0.662. The number of carbonyl (C=O) groups is 3. The number of aliphatic carboxylic acids is 1. The van der Waals surface area contributed by atoms with Gasteiger partial charge in [-0.3, -0.25) is 9.59 Å². The third kappa shape index (κ3) is 3.54. The summed E-state index contributed by atoms with van der Waals surface area (Å²) < 4.78 is 0. The van der Waals surface area contributed by atoms with Gasteiger partial charge in [0.1, 0.15) is 12.6 Å². The van der Waals surface area contributed by atoms with Crippen LogP contribution in [0.5, 0.6) is 0 Å². The normalized spacial score (nSPS) is 23.4. The van der Waals surface area contributed by atoms with Crippen molar-refractivity contribution in [2.75, 3.05) is 13.1 Å². The molecule has 2 aliphatic rings. The van der Waals surface area contributed by atoms with E-state index in [2.05, 4.69) is 0 Å². The van der Waals surface area contributed by atoms with Gasteiger partial charge in [-0.1, -0.05) is 42.5 Å². The van der Waals surface area contributed by atoms with Crippen LogP contribution in [-0.2, 0) is 14.4 Å². The lowest BCUT2D eigenvalue weighted by molar-refractivity contribution is -0.154. The average molecular weight is 354 g/mol. The molecule has 2 amide bonds. The number of carboxylic acids is 1. The molecule has 2 heterocycles. The second-order valence-electron chi connectivity index (χ2n) is 6.58. The summed E-state index contributed by atoms with van der Waals surface area (Å²) in [6.07, 6.45) is 6.37. The first kappa shape index (κ1) is 17.9. The lowest BCUT2D eigenvalue weighted by atomic mass is 10.1. The van der Waals surface area contributed by atoms with Crippen LogP contribution in [0.3, 0.4) is 0 Å². The Morgan fingerprint density at radius 3 is 2.58 bits per heavy atom. The van der Waals surface area contributed by atoms with Crippen molar-refractivity contribution in [3.8, 4) is 0 Å². The van der Waals surface area contributed by atoms with Gasteiger partial charge in [0.2, 0.25) is 5.91 Å². The van der Waals surface area contributed by atoms with Crippen LogP contribution in [0.25, 0.3) is 6.08 Å². The van der Waals surface area contributed by atoms with Crippen LogP contribution in [-0.4, -0.2) is 57.9 Å². The molecule has 136 valence electrons. The fourth-order valence-electron chi connectivity index (χ4n) is 3.67. The molecule has 1 aromatic carbocycles. The predicted molar refractivity (Wildman–Crippen MR) is 97.1 cm³/mol. The van der Waals surface area contributed by atoms with Crippen molar-refractivity contribution >= 4 is 23.9 Å². The molecule has 26 heavy (non-hydrogen) atoms. The molecular weight excluding hydrogens is 332 g/mol. The SMILES string of the molecule is CC=CC(=Cc1ccccc1)C(=O)N1CC(=O)N2C(CCC2C(=O)O)C1. The van der Waals surface area contributed by atoms with E-state index in [1.807, 2.05) is 37.3 Å². The zero-order valence-corrected chi connectivity index (χ0v) is 14.7. The minimum absolute atomic E-state index is 0.0806. The zero-order chi connectivity index (χ0) is 18.7. The summed E-state index contributed by atoms with van der Waals surface area (Å²) in [4.78, 5) is 39.7. The van der Waals surface area contributed by atoms with E-state index in [-0.39, 0.29) is 24.4 Å². The summed E-state index contributed by atoms with van der Waals surface area (Å²) in [7, 11) is 0. The number of hydrogen-bond donors (Lipinski definition) is 1. The van der Waals surface area contributed by atoms with Gasteiger partial charge in [0, 0.05) is 12.1 Å². The highest BCUT2D eigenvalue weighted by Gasteiger charge is 2.45. The number of piperazine rings is 1. The number of amides is 2.